The van der Waals surface area contributed by atoms with Crippen LogP contribution in [0.2, 0.25) is 0 Å². The molecule has 0 spiro atoms. The van der Waals surface area contributed by atoms with Crippen molar-refractivity contribution >= 4 is 5.91 Å². The molecule has 6 nitrogen and oxygen atoms in total. The highest BCUT2D eigenvalue weighted by molar-refractivity contribution is 5.92. The first-order valence-electron chi connectivity index (χ1n) is 8.39. The van der Waals surface area contributed by atoms with E-state index in [-0.39, 0.29) is 5.91 Å². The molecule has 1 N–H and O–H groups in total. The highest BCUT2D eigenvalue weighted by Gasteiger charge is 2.26. The molecule has 1 amide bonds. The van der Waals surface area contributed by atoms with E-state index in [1.807, 2.05) is 0 Å². The molecule has 3 rings (SSSR count). The standard InChI is InChI=1S/C18H25N5O/c1-21-12-13-23(17(14-21)15-6-4-3-5-7-15)11-10-19-18(24)16-8-9-20-22(16)2/h3-9,17H,10-14H2,1-2H3,(H,19,24)/t17-/m0/s1. The molecule has 1 aliphatic heterocycles. The molecule has 1 fully saturated rings. The van der Waals surface area contributed by atoms with Gasteiger partial charge in [-0.25, -0.2) is 0 Å². The summed E-state index contributed by atoms with van der Waals surface area (Å²) in [5, 5.41) is 7.04. The average Bonchev–Trinajstić information content (AvgIpc) is 3.03. The predicted molar refractivity (Wildman–Crippen MR) is 93.8 cm³/mol. The Morgan fingerprint density at radius 3 is 2.71 bits per heavy atom. The molecule has 0 aliphatic carbocycles. The maximum absolute atomic E-state index is 12.2. The number of likely N-dealkylation sites (N-methyl/N-ethyl adjacent to an activating group) is 1. The molecule has 128 valence electrons. The van der Waals surface area contributed by atoms with E-state index in [0.29, 0.717) is 18.3 Å². The van der Waals surface area contributed by atoms with Gasteiger partial charge in [0, 0.05) is 52.0 Å². The number of amides is 1. The summed E-state index contributed by atoms with van der Waals surface area (Å²) in [5.41, 5.74) is 1.93. The maximum Gasteiger partial charge on any atom is 0.269 e. The molecule has 6 heteroatoms. The molecule has 1 aromatic carbocycles. The number of nitrogens with zero attached hydrogens (tertiary/aromatic N) is 4. The van der Waals surface area contributed by atoms with E-state index in [1.165, 1.54) is 5.56 Å². The summed E-state index contributed by atoms with van der Waals surface area (Å²) in [6, 6.07) is 12.7. The lowest BCUT2D eigenvalue weighted by atomic mass is 10.0. The zero-order valence-electron chi connectivity index (χ0n) is 14.4. The number of aryl methyl sites for hydroxylation is 1. The fourth-order valence-electron chi connectivity index (χ4n) is 3.22. The largest absolute Gasteiger partial charge is 0.349 e. The van der Waals surface area contributed by atoms with E-state index in [1.54, 1.807) is 24.0 Å². The fourth-order valence-corrected chi connectivity index (χ4v) is 3.22. The third-order valence-corrected chi connectivity index (χ3v) is 4.62. The van der Waals surface area contributed by atoms with E-state index in [2.05, 4.69) is 57.6 Å². The molecular formula is C18H25N5O. The summed E-state index contributed by atoms with van der Waals surface area (Å²) in [7, 11) is 3.94. The molecule has 0 unspecified atom stereocenters. The molecule has 24 heavy (non-hydrogen) atoms. The van der Waals surface area contributed by atoms with Gasteiger partial charge in [-0.05, 0) is 18.7 Å². The van der Waals surface area contributed by atoms with Crippen LogP contribution in [0, 0.1) is 0 Å². The monoisotopic (exact) mass is 327 g/mol. The number of carbonyl (C=O) groups is 1. The number of hydrogen-bond acceptors (Lipinski definition) is 4. The smallest absolute Gasteiger partial charge is 0.269 e. The van der Waals surface area contributed by atoms with Gasteiger partial charge in [-0.1, -0.05) is 30.3 Å². The van der Waals surface area contributed by atoms with Crippen molar-refractivity contribution in [2.75, 3.05) is 39.8 Å². The minimum atomic E-state index is -0.0691. The molecule has 1 saturated heterocycles. The summed E-state index contributed by atoms with van der Waals surface area (Å²) in [4.78, 5) is 17.0. The van der Waals surface area contributed by atoms with Crippen molar-refractivity contribution in [1.82, 2.24) is 24.9 Å². The van der Waals surface area contributed by atoms with Gasteiger partial charge in [0.15, 0.2) is 0 Å². The van der Waals surface area contributed by atoms with Gasteiger partial charge in [-0.15, -0.1) is 0 Å². The average molecular weight is 327 g/mol. The van der Waals surface area contributed by atoms with Gasteiger partial charge in [0.25, 0.3) is 5.91 Å². The Hall–Kier alpha value is -2.18. The summed E-state index contributed by atoms with van der Waals surface area (Å²) < 4.78 is 1.60. The van der Waals surface area contributed by atoms with E-state index < -0.39 is 0 Å². The van der Waals surface area contributed by atoms with E-state index in [9.17, 15) is 4.79 Å². The second-order valence-corrected chi connectivity index (χ2v) is 6.32. The van der Waals surface area contributed by atoms with Crippen LogP contribution in [0.4, 0.5) is 0 Å². The van der Waals surface area contributed by atoms with Crippen LogP contribution in [0.25, 0.3) is 0 Å². The van der Waals surface area contributed by atoms with Crippen molar-refractivity contribution < 1.29 is 4.79 Å². The molecule has 1 atom stereocenters. The first-order chi connectivity index (χ1) is 11.6. The van der Waals surface area contributed by atoms with Crippen LogP contribution in [0.1, 0.15) is 22.1 Å². The summed E-state index contributed by atoms with van der Waals surface area (Å²) in [6.07, 6.45) is 1.64. The zero-order valence-corrected chi connectivity index (χ0v) is 14.4. The molecule has 2 aromatic rings. The predicted octanol–water partition coefficient (Wildman–Crippen LogP) is 1.14. The van der Waals surface area contributed by atoms with Gasteiger partial charge in [0.2, 0.25) is 0 Å². The Bertz CT molecular complexity index is 669. The van der Waals surface area contributed by atoms with Crippen molar-refractivity contribution in [3.05, 3.63) is 53.9 Å². The summed E-state index contributed by atoms with van der Waals surface area (Å²) >= 11 is 0. The van der Waals surface area contributed by atoms with Crippen molar-refractivity contribution in [2.24, 2.45) is 7.05 Å². The number of piperazine rings is 1. The van der Waals surface area contributed by atoms with Crippen molar-refractivity contribution in [3.8, 4) is 0 Å². The third kappa shape index (κ3) is 3.83. The van der Waals surface area contributed by atoms with Gasteiger partial charge in [-0.3, -0.25) is 14.4 Å². The number of benzene rings is 1. The zero-order chi connectivity index (χ0) is 16.9. The molecule has 2 heterocycles. The normalized spacial score (nSPS) is 19.3. The highest BCUT2D eigenvalue weighted by atomic mass is 16.2. The number of carbonyl (C=O) groups excluding carboxylic acids is 1. The van der Waals surface area contributed by atoms with E-state index in [4.69, 9.17) is 0 Å². The number of aromatic nitrogens is 2. The molecular weight excluding hydrogens is 302 g/mol. The van der Waals surface area contributed by atoms with Gasteiger partial charge >= 0.3 is 0 Å². The van der Waals surface area contributed by atoms with Crippen molar-refractivity contribution in [2.45, 2.75) is 6.04 Å². The Kier molecular flexibility index (Phi) is 5.27. The van der Waals surface area contributed by atoms with Crippen LogP contribution in [0.15, 0.2) is 42.6 Å². The fraction of sp³-hybridized carbons (Fsp3) is 0.444. The van der Waals surface area contributed by atoms with Crippen LogP contribution < -0.4 is 5.32 Å². The second kappa shape index (κ2) is 7.59. The van der Waals surface area contributed by atoms with Crippen LogP contribution in [-0.4, -0.2) is 65.3 Å². The molecule has 0 bridgehead atoms. The molecule has 1 aromatic heterocycles. The molecule has 0 radical (unpaired) electrons. The van der Waals surface area contributed by atoms with Crippen molar-refractivity contribution in [3.63, 3.8) is 0 Å². The van der Waals surface area contributed by atoms with Crippen LogP contribution >= 0.6 is 0 Å². The number of rotatable bonds is 5. The Morgan fingerprint density at radius 2 is 2.00 bits per heavy atom. The molecule has 0 saturated carbocycles. The minimum Gasteiger partial charge on any atom is -0.349 e. The number of nitrogens with one attached hydrogen (secondary N) is 1. The van der Waals surface area contributed by atoms with Crippen LogP contribution in [-0.2, 0) is 7.05 Å². The highest BCUT2D eigenvalue weighted by Crippen LogP contribution is 2.24. The summed E-state index contributed by atoms with van der Waals surface area (Å²) in [6.45, 7) is 4.56. The third-order valence-electron chi connectivity index (χ3n) is 4.62. The van der Waals surface area contributed by atoms with Crippen molar-refractivity contribution in [1.29, 1.82) is 0 Å². The second-order valence-electron chi connectivity index (χ2n) is 6.32. The maximum atomic E-state index is 12.2. The van der Waals surface area contributed by atoms with Gasteiger partial charge < -0.3 is 10.2 Å². The van der Waals surface area contributed by atoms with Crippen LogP contribution in [0.3, 0.4) is 0 Å². The Morgan fingerprint density at radius 1 is 1.21 bits per heavy atom. The van der Waals surface area contributed by atoms with Gasteiger partial charge in [0.1, 0.15) is 5.69 Å². The quantitative estimate of drug-likeness (QED) is 0.895. The topological polar surface area (TPSA) is 53.4 Å². The lowest BCUT2D eigenvalue weighted by Gasteiger charge is -2.40. The van der Waals surface area contributed by atoms with E-state index >= 15 is 0 Å². The van der Waals surface area contributed by atoms with E-state index in [0.717, 1.165) is 26.2 Å². The Labute approximate surface area is 143 Å². The summed E-state index contributed by atoms with van der Waals surface area (Å²) in [5.74, 6) is -0.0691. The number of hydrogen-bond donors (Lipinski definition) is 1. The first-order valence-corrected chi connectivity index (χ1v) is 8.39. The molecule has 1 aliphatic rings. The van der Waals surface area contributed by atoms with Crippen LogP contribution in [0.5, 0.6) is 0 Å². The van der Waals surface area contributed by atoms with Gasteiger partial charge in [0.05, 0.1) is 0 Å². The SMILES string of the molecule is CN1CCN(CCNC(=O)c2ccnn2C)[C@H](c2ccccc2)C1. The first kappa shape index (κ1) is 16.7. The van der Waals surface area contributed by atoms with Gasteiger partial charge in [-0.2, -0.15) is 5.10 Å². The minimum absolute atomic E-state index is 0.0691. The lowest BCUT2D eigenvalue weighted by Crippen LogP contribution is -2.49. The lowest BCUT2D eigenvalue weighted by molar-refractivity contribution is 0.0838. The Balaban J connectivity index is 1.58.